The molecule has 0 fully saturated rings. The number of halogens is 3. The van der Waals surface area contributed by atoms with Crippen molar-refractivity contribution in [2.24, 2.45) is 0 Å². The highest BCUT2D eigenvalue weighted by molar-refractivity contribution is 6.35. The lowest BCUT2D eigenvalue weighted by atomic mass is 10.2. The minimum atomic E-state index is -0.744. The van der Waals surface area contributed by atoms with Crippen LogP contribution in [0.2, 0.25) is 10.0 Å². The van der Waals surface area contributed by atoms with Gasteiger partial charge >= 0.3 is 0 Å². The molecule has 1 atom stereocenters. The summed E-state index contributed by atoms with van der Waals surface area (Å²) in [7, 11) is 0. The summed E-state index contributed by atoms with van der Waals surface area (Å²) in [6, 6.07) is 3.31. The zero-order valence-electron chi connectivity index (χ0n) is 15.3. The molecule has 0 aliphatic heterocycles. The van der Waals surface area contributed by atoms with E-state index >= 15 is 0 Å². The van der Waals surface area contributed by atoms with E-state index in [9.17, 15) is 9.18 Å². The molecule has 4 rings (SSSR count). The van der Waals surface area contributed by atoms with Gasteiger partial charge in [-0.05, 0) is 19.1 Å². The van der Waals surface area contributed by atoms with Crippen LogP contribution in [-0.4, -0.2) is 29.7 Å². The molecule has 0 bridgehead atoms. The number of H-pyrrole nitrogens is 1. The number of nitrogens with zero attached hydrogens (tertiary/aromatic N) is 5. The first-order valence-electron chi connectivity index (χ1n) is 8.53. The summed E-state index contributed by atoms with van der Waals surface area (Å²) in [5.41, 5.74) is 10.7. The fraction of sp³-hybridized carbons (Fsp3) is 0.118. The number of hydrogen-bond donors (Lipinski definition) is 4. The predicted octanol–water partition coefficient (Wildman–Crippen LogP) is 2.68. The molecule has 0 aliphatic carbocycles. The number of hydrogen-bond acceptors (Lipinski definition) is 8. The van der Waals surface area contributed by atoms with Gasteiger partial charge in [-0.15, -0.1) is 0 Å². The van der Waals surface area contributed by atoms with Crippen LogP contribution in [0.25, 0.3) is 16.7 Å². The zero-order valence-corrected chi connectivity index (χ0v) is 16.8. The highest BCUT2D eigenvalue weighted by atomic mass is 35.5. The van der Waals surface area contributed by atoms with Gasteiger partial charge < -0.3 is 16.8 Å². The SMILES string of the molecule is CC(Nc1nc(N)nc(N)c1Cl)c1nc2c(Cl)ccc(F)c2c(=O)n1-c1ccn[nH]1. The van der Waals surface area contributed by atoms with Crippen LogP contribution in [0.3, 0.4) is 0 Å². The van der Waals surface area contributed by atoms with E-state index in [1.54, 1.807) is 13.0 Å². The molecular weight excluding hydrogens is 436 g/mol. The monoisotopic (exact) mass is 449 g/mol. The Labute approximate surface area is 178 Å². The van der Waals surface area contributed by atoms with Gasteiger partial charge in [0.15, 0.2) is 5.82 Å². The van der Waals surface area contributed by atoms with Gasteiger partial charge in [0.25, 0.3) is 5.56 Å². The fourth-order valence-electron chi connectivity index (χ4n) is 2.98. The van der Waals surface area contributed by atoms with Crippen molar-refractivity contribution in [1.82, 2.24) is 29.7 Å². The highest BCUT2D eigenvalue weighted by Crippen LogP contribution is 2.30. The third-order valence-corrected chi connectivity index (χ3v) is 4.99. The number of benzene rings is 1. The van der Waals surface area contributed by atoms with Crippen molar-refractivity contribution in [2.45, 2.75) is 13.0 Å². The first kappa shape index (κ1) is 19.9. The van der Waals surface area contributed by atoms with Crippen LogP contribution in [0.5, 0.6) is 0 Å². The number of aromatic nitrogens is 6. The lowest BCUT2D eigenvalue weighted by Gasteiger charge is -2.20. The lowest BCUT2D eigenvalue weighted by molar-refractivity contribution is 0.634. The van der Waals surface area contributed by atoms with Gasteiger partial charge in [0.2, 0.25) is 5.95 Å². The van der Waals surface area contributed by atoms with Crippen molar-refractivity contribution in [3.63, 3.8) is 0 Å². The smallest absolute Gasteiger partial charge is 0.270 e. The lowest BCUT2D eigenvalue weighted by Crippen LogP contribution is -2.28. The van der Waals surface area contributed by atoms with E-state index in [0.29, 0.717) is 0 Å². The third kappa shape index (κ3) is 3.27. The molecular formula is C17H14Cl2FN9O. The number of nitrogens with two attached hydrogens (primary N) is 2. The minimum absolute atomic E-state index is 0.0126. The molecule has 3 heterocycles. The topological polar surface area (TPSA) is 153 Å². The van der Waals surface area contributed by atoms with Crippen molar-refractivity contribution in [2.75, 3.05) is 16.8 Å². The second kappa shape index (κ2) is 7.43. The number of nitrogens with one attached hydrogen (secondary N) is 2. The molecule has 0 saturated heterocycles. The first-order valence-corrected chi connectivity index (χ1v) is 9.29. The largest absolute Gasteiger partial charge is 0.382 e. The number of rotatable bonds is 4. The van der Waals surface area contributed by atoms with E-state index in [1.165, 1.54) is 16.8 Å². The summed E-state index contributed by atoms with van der Waals surface area (Å²) in [6.07, 6.45) is 1.45. The fourth-order valence-corrected chi connectivity index (χ4v) is 3.32. The van der Waals surface area contributed by atoms with Crippen LogP contribution in [0.4, 0.5) is 22.0 Å². The molecule has 13 heteroatoms. The summed E-state index contributed by atoms with van der Waals surface area (Å²) in [4.78, 5) is 25.5. The highest BCUT2D eigenvalue weighted by Gasteiger charge is 2.23. The maximum absolute atomic E-state index is 14.5. The second-order valence-corrected chi connectivity index (χ2v) is 7.09. The Hall–Kier alpha value is -3.44. The third-order valence-electron chi connectivity index (χ3n) is 4.31. The Kier molecular flexibility index (Phi) is 4.92. The predicted molar refractivity (Wildman–Crippen MR) is 112 cm³/mol. The van der Waals surface area contributed by atoms with Gasteiger partial charge in [0.1, 0.15) is 33.7 Å². The Morgan fingerprint density at radius 2 is 1.97 bits per heavy atom. The van der Waals surface area contributed by atoms with E-state index in [4.69, 9.17) is 34.7 Å². The van der Waals surface area contributed by atoms with E-state index in [-0.39, 0.29) is 50.2 Å². The van der Waals surface area contributed by atoms with Crippen LogP contribution in [0.15, 0.2) is 29.2 Å². The zero-order chi connectivity index (χ0) is 21.6. The average molecular weight is 450 g/mol. The van der Waals surface area contributed by atoms with Gasteiger partial charge in [-0.1, -0.05) is 23.2 Å². The summed E-state index contributed by atoms with van der Waals surface area (Å²) >= 11 is 12.4. The molecule has 0 spiro atoms. The van der Waals surface area contributed by atoms with Crippen LogP contribution >= 0.6 is 23.2 Å². The van der Waals surface area contributed by atoms with Crippen LogP contribution in [-0.2, 0) is 0 Å². The molecule has 30 heavy (non-hydrogen) atoms. The van der Waals surface area contributed by atoms with Crippen LogP contribution < -0.4 is 22.3 Å². The Morgan fingerprint density at radius 1 is 1.20 bits per heavy atom. The van der Waals surface area contributed by atoms with E-state index in [2.05, 4.69) is 30.5 Å². The maximum atomic E-state index is 14.5. The standard InChI is InChI=1S/C17H14Cl2FN9O/c1-6(24-14-11(19)13(21)26-17(22)27-14)15-25-12-7(18)2-3-8(20)10(12)16(30)29(15)9-4-5-23-28-9/h2-6H,1H3,(H,23,28)(H5,21,22,24,26,27). The van der Waals surface area contributed by atoms with Crippen molar-refractivity contribution in [3.8, 4) is 5.82 Å². The molecule has 1 aromatic carbocycles. The Bertz CT molecular complexity index is 1320. The van der Waals surface area contributed by atoms with Gasteiger partial charge in [-0.25, -0.2) is 13.9 Å². The maximum Gasteiger partial charge on any atom is 0.270 e. The summed E-state index contributed by atoms with van der Waals surface area (Å²) in [5, 5.41) is 9.46. The average Bonchev–Trinajstić information content (AvgIpc) is 3.22. The van der Waals surface area contributed by atoms with Gasteiger partial charge in [-0.3, -0.25) is 9.89 Å². The Morgan fingerprint density at radius 3 is 2.67 bits per heavy atom. The number of nitrogen functional groups attached to an aromatic ring is 2. The summed E-state index contributed by atoms with van der Waals surface area (Å²) in [5.74, 6) is -0.228. The molecule has 0 aliphatic rings. The number of anilines is 3. The van der Waals surface area contributed by atoms with Crippen molar-refractivity contribution >= 4 is 51.7 Å². The number of fused-ring (bicyclic) bond motifs is 1. The van der Waals surface area contributed by atoms with E-state index in [1.807, 2.05) is 0 Å². The molecule has 10 nitrogen and oxygen atoms in total. The second-order valence-electron chi connectivity index (χ2n) is 6.30. The Balaban J connectivity index is 1.95. The molecule has 6 N–H and O–H groups in total. The van der Waals surface area contributed by atoms with Crippen molar-refractivity contribution in [3.05, 3.63) is 56.4 Å². The van der Waals surface area contributed by atoms with E-state index in [0.717, 1.165) is 6.07 Å². The van der Waals surface area contributed by atoms with Gasteiger partial charge in [-0.2, -0.15) is 15.1 Å². The van der Waals surface area contributed by atoms with Crippen LogP contribution in [0, 0.1) is 5.82 Å². The molecule has 154 valence electrons. The number of aromatic amines is 1. The molecule has 3 aromatic heterocycles. The quantitative estimate of drug-likeness (QED) is 0.370. The summed E-state index contributed by atoms with van der Waals surface area (Å²) in [6.45, 7) is 1.69. The van der Waals surface area contributed by atoms with Crippen molar-refractivity contribution < 1.29 is 4.39 Å². The first-order chi connectivity index (χ1) is 14.3. The van der Waals surface area contributed by atoms with Crippen molar-refractivity contribution in [1.29, 1.82) is 0 Å². The van der Waals surface area contributed by atoms with Crippen LogP contribution in [0.1, 0.15) is 18.8 Å². The van der Waals surface area contributed by atoms with E-state index < -0.39 is 17.4 Å². The summed E-state index contributed by atoms with van der Waals surface area (Å²) < 4.78 is 15.6. The molecule has 1 unspecified atom stereocenters. The minimum Gasteiger partial charge on any atom is -0.382 e. The molecule has 0 radical (unpaired) electrons. The van der Waals surface area contributed by atoms with Gasteiger partial charge in [0.05, 0.1) is 22.8 Å². The van der Waals surface area contributed by atoms with Gasteiger partial charge in [0, 0.05) is 6.07 Å². The molecule has 0 saturated carbocycles. The molecule has 0 amide bonds. The molecule has 4 aromatic rings. The normalized spacial score (nSPS) is 12.3.